The van der Waals surface area contributed by atoms with Crippen molar-refractivity contribution in [3.8, 4) is 6.07 Å². The van der Waals surface area contributed by atoms with Gasteiger partial charge in [-0.25, -0.2) is 0 Å². The quantitative estimate of drug-likeness (QED) is 0.927. The third-order valence-corrected chi connectivity index (χ3v) is 4.05. The van der Waals surface area contributed by atoms with E-state index in [1.165, 1.54) is 0 Å². The average Bonchev–Trinajstić information content (AvgIpc) is 2.41. The summed E-state index contributed by atoms with van der Waals surface area (Å²) in [5.41, 5.74) is 0.951. The molecule has 1 atom stereocenters. The van der Waals surface area contributed by atoms with Crippen molar-refractivity contribution in [1.82, 2.24) is 10.2 Å². The van der Waals surface area contributed by atoms with Crippen LogP contribution >= 0.6 is 23.2 Å². The van der Waals surface area contributed by atoms with Gasteiger partial charge < -0.3 is 5.32 Å². The predicted molar refractivity (Wildman–Crippen MR) is 73.9 cm³/mol. The third kappa shape index (κ3) is 2.96. The number of nitrogens with one attached hydrogen (secondary N) is 1. The molecule has 0 saturated carbocycles. The second-order valence-electron chi connectivity index (χ2n) is 4.31. The van der Waals surface area contributed by atoms with Crippen LogP contribution in [0, 0.1) is 11.3 Å². The van der Waals surface area contributed by atoms with Crippen LogP contribution in [0.15, 0.2) is 18.2 Å². The first-order chi connectivity index (χ1) is 8.74. The Morgan fingerprint density at radius 3 is 2.72 bits per heavy atom. The molecule has 1 heterocycles. The minimum Gasteiger partial charge on any atom is -0.314 e. The van der Waals surface area contributed by atoms with E-state index in [0.717, 1.165) is 31.7 Å². The van der Waals surface area contributed by atoms with Gasteiger partial charge in [0.05, 0.1) is 22.5 Å². The van der Waals surface area contributed by atoms with E-state index in [1.54, 1.807) is 6.07 Å². The second kappa shape index (κ2) is 6.40. The summed E-state index contributed by atoms with van der Waals surface area (Å²) in [6.45, 7) is 3.74. The summed E-state index contributed by atoms with van der Waals surface area (Å²) in [7, 11) is 0. The normalized spacial score (nSPS) is 18.3. The molecule has 1 aliphatic heterocycles. The van der Waals surface area contributed by atoms with E-state index in [2.05, 4.69) is 16.3 Å². The molecule has 1 aliphatic rings. The summed E-state index contributed by atoms with van der Waals surface area (Å²) in [6, 6.07) is 7.89. The molecule has 0 aromatic heterocycles. The highest BCUT2D eigenvalue weighted by Crippen LogP contribution is 2.34. The number of benzene rings is 1. The molecule has 1 aromatic carbocycles. The number of halogens is 2. The molecule has 0 spiro atoms. The fraction of sp³-hybridized carbons (Fsp3) is 0.462. The Morgan fingerprint density at radius 2 is 2.06 bits per heavy atom. The summed E-state index contributed by atoms with van der Waals surface area (Å²) in [5.74, 6) is 0. The zero-order valence-corrected chi connectivity index (χ0v) is 11.5. The van der Waals surface area contributed by atoms with Crippen LogP contribution in [0.1, 0.15) is 18.0 Å². The number of piperazine rings is 1. The molecule has 18 heavy (non-hydrogen) atoms. The molecule has 3 nitrogen and oxygen atoms in total. The van der Waals surface area contributed by atoms with Crippen molar-refractivity contribution < 1.29 is 0 Å². The molecule has 1 saturated heterocycles. The summed E-state index contributed by atoms with van der Waals surface area (Å²) < 4.78 is 0. The SMILES string of the molecule is N#CC[C@H](c1cccc(Cl)c1Cl)N1CCNCC1. The summed E-state index contributed by atoms with van der Waals surface area (Å²) >= 11 is 12.3. The van der Waals surface area contributed by atoms with Crippen LogP contribution in [0.3, 0.4) is 0 Å². The average molecular weight is 284 g/mol. The fourth-order valence-corrected chi connectivity index (χ4v) is 2.73. The Kier molecular flexibility index (Phi) is 4.85. The lowest BCUT2D eigenvalue weighted by atomic mass is 10.0. The number of nitrogens with zero attached hydrogens (tertiary/aromatic N) is 2. The molecule has 1 aromatic rings. The Labute approximate surface area is 117 Å². The lowest BCUT2D eigenvalue weighted by Crippen LogP contribution is -2.45. The fourth-order valence-electron chi connectivity index (χ4n) is 2.29. The van der Waals surface area contributed by atoms with Crippen molar-refractivity contribution in [3.05, 3.63) is 33.8 Å². The number of rotatable bonds is 3. The van der Waals surface area contributed by atoms with Gasteiger partial charge in [0.1, 0.15) is 0 Å². The standard InChI is InChI=1S/C13H15Cl2N3/c14-11-3-1-2-10(13(11)15)12(4-5-16)18-8-6-17-7-9-18/h1-3,12,17H,4,6-9H2/t12-/m1/s1. The van der Waals surface area contributed by atoms with E-state index >= 15 is 0 Å². The van der Waals surface area contributed by atoms with Crippen LogP contribution in [0.5, 0.6) is 0 Å². The highest BCUT2D eigenvalue weighted by Gasteiger charge is 2.24. The summed E-state index contributed by atoms with van der Waals surface area (Å²) in [6.07, 6.45) is 0.431. The first kappa shape index (κ1) is 13.6. The van der Waals surface area contributed by atoms with Crippen LogP contribution in [0.4, 0.5) is 0 Å². The third-order valence-electron chi connectivity index (χ3n) is 3.22. The largest absolute Gasteiger partial charge is 0.314 e. The maximum absolute atomic E-state index is 9.02. The number of hydrogen-bond acceptors (Lipinski definition) is 3. The van der Waals surface area contributed by atoms with Crippen LogP contribution in [-0.4, -0.2) is 31.1 Å². The van der Waals surface area contributed by atoms with Gasteiger partial charge in [0.15, 0.2) is 0 Å². The van der Waals surface area contributed by atoms with E-state index in [0.29, 0.717) is 16.5 Å². The molecule has 96 valence electrons. The molecule has 0 unspecified atom stereocenters. The van der Waals surface area contributed by atoms with Gasteiger partial charge >= 0.3 is 0 Å². The molecule has 0 bridgehead atoms. The first-order valence-corrected chi connectivity index (χ1v) is 6.75. The molecule has 0 aliphatic carbocycles. The molecule has 1 fully saturated rings. The highest BCUT2D eigenvalue weighted by molar-refractivity contribution is 6.42. The molecule has 5 heteroatoms. The lowest BCUT2D eigenvalue weighted by Gasteiger charge is -2.34. The van der Waals surface area contributed by atoms with Crippen molar-refractivity contribution >= 4 is 23.2 Å². The molecular weight excluding hydrogens is 269 g/mol. The van der Waals surface area contributed by atoms with E-state index in [4.69, 9.17) is 28.5 Å². The number of nitriles is 1. The molecule has 0 amide bonds. The predicted octanol–water partition coefficient (Wildman–Crippen LogP) is 2.85. The van der Waals surface area contributed by atoms with Crippen LogP contribution in [0.25, 0.3) is 0 Å². The van der Waals surface area contributed by atoms with E-state index in [9.17, 15) is 0 Å². The van der Waals surface area contributed by atoms with Crippen molar-refractivity contribution in [1.29, 1.82) is 5.26 Å². The second-order valence-corrected chi connectivity index (χ2v) is 5.09. The summed E-state index contributed by atoms with van der Waals surface area (Å²) in [5, 5.41) is 13.4. The van der Waals surface area contributed by atoms with Gasteiger partial charge in [0.25, 0.3) is 0 Å². The molecule has 0 radical (unpaired) electrons. The topological polar surface area (TPSA) is 39.1 Å². The molecule has 1 N–H and O–H groups in total. The van der Waals surface area contributed by atoms with Crippen molar-refractivity contribution in [2.75, 3.05) is 26.2 Å². The van der Waals surface area contributed by atoms with Crippen LogP contribution < -0.4 is 5.32 Å². The van der Waals surface area contributed by atoms with Crippen LogP contribution in [0.2, 0.25) is 10.0 Å². The zero-order valence-electron chi connectivity index (χ0n) is 10.00. The van der Waals surface area contributed by atoms with Gasteiger partial charge in [0, 0.05) is 32.2 Å². The van der Waals surface area contributed by atoms with Crippen molar-refractivity contribution in [2.24, 2.45) is 0 Å². The van der Waals surface area contributed by atoms with Crippen molar-refractivity contribution in [3.63, 3.8) is 0 Å². The van der Waals surface area contributed by atoms with E-state index in [1.807, 2.05) is 12.1 Å². The van der Waals surface area contributed by atoms with Gasteiger partial charge in [-0.05, 0) is 11.6 Å². The van der Waals surface area contributed by atoms with E-state index < -0.39 is 0 Å². The Balaban J connectivity index is 2.28. The van der Waals surface area contributed by atoms with Gasteiger partial charge in [-0.1, -0.05) is 35.3 Å². The van der Waals surface area contributed by atoms with Gasteiger partial charge in [0.2, 0.25) is 0 Å². The minimum atomic E-state index is 0.0308. The Bertz CT molecular complexity index is 450. The molecular formula is C13H15Cl2N3. The first-order valence-electron chi connectivity index (χ1n) is 5.99. The van der Waals surface area contributed by atoms with Crippen molar-refractivity contribution in [2.45, 2.75) is 12.5 Å². The van der Waals surface area contributed by atoms with Gasteiger partial charge in [-0.2, -0.15) is 5.26 Å². The Hall–Kier alpha value is -0.790. The maximum atomic E-state index is 9.02. The monoisotopic (exact) mass is 283 g/mol. The van der Waals surface area contributed by atoms with Gasteiger partial charge in [-0.3, -0.25) is 4.90 Å². The van der Waals surface area contributed by atoms with Crippen LogP contribution in [-0.2, 0) is 0 Å². The lowest BCUT2D eigenvalue weighted by molar-refractivity contribution is 0.175. The van der Waals surface area contributed by atoms with E-state index in [-0.39, 0.29) is 6.04 Å². The highest BCUT2D eigenvalue weighted by atomic mass is 35.5. The maximum Gasteiger partial charge on any atom is 0.0641 e. The summed E-state index contributed by atoms with van der Waals surface area (Å²) in [4.78, 5) is 2.29. The minimum absolute atomic E-state index is 0.0308. The van der Waals surface area contributed by atoms with Gasteiger partial charge in [-0.15, -0.1) is 0 Å². The molecule has 2 rings (SSSR count). The number of hydrogen-bond donors (Lipinski definition) is 1. The Morgan fingerprint density at radius 1 is 1.33 bits per heavy atom. The smallest absolute Gasteiger partial charge is 0.0641 e. The zero-order chi connectivity index (χ0) is 13.0.